The molecular weight excluding hydrogens is 344 g/mol. The second-order valence-electron chi connectivity index (χ2n) is 5.32. The Morgan fingerprint density at radius 3 is 2.68 bits per heavy atom. The highest BCUT2D eigenvalue weighted by molar-refractivity contribution is 7.89. The summed E-state index contributed by atoms with van der Waals surface area (Å²) in [7, 11) is -3.82. The molecule has 132 valence electrons. The van der Waals surface area contributed by atoms with Crippen molar-refractivity contribution in [1.29, 1.82) is 0 Å². The smallest absolute Gasteiger partial charge is 0.276 e. The largest absolute Gasteiger partial charge is 0.546 e. The first-order chi connectivity index (χ1) is 11.8. The summed E-state index contributed by atoms with van der Waals surface area (Å²) in [5, 5.41) is 14.2. The molecule has 0 amide bonds. The second-order valence-corrected chi connectivity index (χ2v) is 6.95. The van der Waals surface area contributed by atoms with Crippen molar-refractivity contribution in [2.45, 2.75) is 18.7 Å². The number of sulfonamides is 1. The molecule has 0 aliphatic carbocycles. The molecule has 0 heterocycles. The highest BCUT2D eigenvalue weighted by Crippen LogP contribution is 2.17. The third kappa shape index (κ3) is 5.05. The first kappa shape index (κ1) is 18.5. The number of hydrazone groups is 1. The van der Waals surface area contributed by atoms with Crippen LogP contribution in [-0.2, 0) is 14.8 Å². The van der Waals surface area contributed by atoms with E-state index in [1.165, 1.54) is 6.21 Å². The molecule has 0 saturated heterocycles. The van der Waals surface area contributed by atoms with Gasteiger partial charge in [-0.05, 0) is 43.2 Å². The fourth-order valence-corrected chi connectivity index (χ4v) is 3.19. The van der Waals surface area contributed by atoms with Gasteiger partial charge in [-0.3, -0.25) is 0 Å². The zero-order chi connectivity index (χ0) is 18.4. The van der Waals surface area contributed by atoms with Crippen LogP contribution in [0.4, 0.5) is 0 Å². The predicted molar refractivity (Wildman–Crippen MR) is 90.8 cm³/mol. The van der Waals surface area contributed by atoms with Crippen molar-refractivity contribution in [3.8, 4) is 5.75 Å². The molecule has 2 aromatic rings. The molecule has 0 unspecified atom stereocenters. The number of benzene rings is 2. The van der Waals surface area contributed by atoms with Gasteiger partial charge < -0.3 is 14.6 Å². The van der Waals surface area contributed by atoms with Gasteiger partial charge >= 0.3 is 0 Å². The first-order valence-electron chi connectivity index (χ1n) is 7.33. The summed E-state index contributed by atoms with van der Waals surface area (Å²) in [5.41, 5.74) is 1.84. The van der Waals surface area contributed by atoms with Crippen LogP contribution in [-0.4, -0.2) is 27.2 Å². The average molecular weight is 361 g/mol. The van der Waals surface area contributed by atoms with Crippen molar-refractivity contribution in [1.82, 2.24) is 4.83 Å². The molecule has 0 saturated carbocycles. The minimum atomic E-state index is -3.82. The first-order valence-corrected chi connectivity index (χ1v) is 8.82. The zero-order valence-electron chi connectivity index (χ0n) is 13.7. The number of nitrogens with one attached hydrogen (secondary N) is 1. The highest BCUT2D eigenvalue weighted by Gasteiger charge is 2.15. The second kappa shape index (κ2) is 7.80. The number of ether oxygens (including phenoxy) is 1. The standard InChI is InChI=1S/C17H18N2O5S/c1-12-7-8-13(2)16(9-12)25(22,23)19-18-10-14-5-3-4-6-15(14)24-11-17(20)21/h3-10,19H,11H2,1-2H3,(H,20,21)/p-1/b18-10-. The maximum absolute atomic E-state index is 12.4. The van der Waals surface area contributed by atoms with Gasteiger partial charge in [-0.15, -0.1) is 0 Å². The number of para-hydroxylation sites is 1. The van der Waals surface area contributed by atoms with Gasteiger partial charge in [0, 0.05) is 5.56 Å². The Morgan fingerprint density at radius 1 is 1.24 bits per heavy atom. The third-order valence-electron chi connectivity index (χ3n) is 3.27. The molecule has 2 rings (SSSR count). The van der Waals surface area contributed by atoms with Crippen LogP contribution < -0.4 is 14.7 Å². The van der Waals surface area contributed by atoms with Crippen LogP contribution in [0.25, 0.3) is 0 Å². The Hall–Kier alpha value is -2.87. The van der Waals surface area contributed by atoms with Crippen LogP contribution in [0.1, 0.15) is 16.7 Å². The normalized spacial score (nSPS) is 11.4. The number of hydrogen-bond acceptors (Lipinski definition) is 6. The van der Waals surface area contributed by atoms with Gasteiger partial charge in [0.15, 0.2) is 0 Å². The molecule has 25 heavy (non-hydrogen) atoms. The van der Waals surface area contributed by atoms with Gasteiger partial charge in [-0.25, -0.2) is 4.83 Å². The molecule has 1 N–H and O–H groups in total. The van der Waals surface area contributed by atoms with Crippen LogP contribution >= 0.6 is 0 Å². The van der Waals surface area contributed by atoms with E-state index in [9.17, 15) is 18.3 Å². The molecule has 0 spiro atoms. The molecule has 8 heteroatoms. The minimum absolute atomic E-state index is 0.145. The van der Waals surface area contributed by atoms with Crippen molar-refractivity contribution in [3.05, 3.63) is 59.2 Å². The summed E-state index contributed by atoms with van der Waals surface area (Å²) in [6.07, 6.45) is 1.24. The van der Waals surface area contributed by atoms with Crippen molar-refractivity contribution >= 4 is 22.2 Å². The highest BCUT2D eigenvalue weighted by atomic mass is 32.2. The number of hydrogen-bond donors (Lipinski definition) is 1. The lowest BCUT2D eigenvalue weighted by molar-refractivity contribution is -0.307. The predicted octanol–water partition coefficient (Wildman–Crippen LogP) is 0.745. The number of carbonyl (C=O) groups is 1. The van der Waals surface area contributed by atoms with E-state index >= 15 is 0 Å². The molecule has 0 aliphatic heterocycles. The number of aryl methyl sites for hydroxylation is 2. The monoisotopic (exact) mass is 361 g/mol. The Morgan fingerprint density at radius 2 is 1.96 bits per heavy atom. The topological polar surface area (TPSA) is 108 Å². The summed E-state index contributed by atoms with van der Waals surface area (Å²) in [4.78, 5) is 12.8. The van der Waals surface area contributed by atoms with E-state index in [1.54, 1.807) is 50.2 Å². The maximum atomic E-state index is 12.4. The molecule has 0 aliphatic rings. The summed E-state index contributed by atoms with van der Waals surface area (Å²) < 4.78 is 29.8. The quantitative estimate of drug-likeness (QED) is 0.578. The van der Waals surface area contributed by atoms with Gasteiger partial charge in [-0.2, -0.15) is 13.5 Å². The Labute approximate surface area is 146 Å². The van der Waals surface area contributed by atoms with E-state index in [2.05, 4.69) is 9.93 Å². The molecule has 0 bridgehead atoms. The minimum Gasteiger partial charge on any atom is -0.546 e. The van der Waals surface area contributed by atoms with Gasteiger partial charge in [0.25, 0.3) is 10.0 Å². The van der Waals surface area contributed by atoms with Crippen molar-refractivity contribution < 1.29 is 23.1 Å². The van der Waals surface area contributed by atoms with Crippen LogP contribution in [0.2, 0.25) is 0 Å². The number of carbonyl (C=O) groups excluding carboxylic acids is 1. The van der Waals surface area contributed by atoms with Crippen molar-refractivity contribution in [3.63, 3.8) is 0 Å². The van der Waals surface area contributed by atoms with E-state index in [0.29, 0.717) is 11.1 Å². The lowest BCUT2D eigenvalue weighted by Gasteiger charge is -2.10. The Kier molecular flexibility index (Phi) is 5.76. The molecule has 7 nitrogen and oxygen atoms in total. The third-order valence-corrected chi connectivity index (χ3v) is 4.64. The molecule has 2 aromatic carbocycles. The molecule has 0 fully saturated rings. The average Bonchev–Trinajstić information content (AvgIpc) is 2.56. The Bertz CT molecular complexity index is 907. The summed E-state index contributed by atoms with van der Waals surface area (Å²) in [6.45, 7) is 2.88. The maximum Gasteiger partial charge on any atom is 0.276 e. The number of rotatable bonds is 7. The SMILES string of the molecule is Cc1ccc(C)c(S(=O)(=O)N/N=C\c2ccccc2OCC(=O)[O-])c1. The van der Waals surface area contributed by atoms with E-state index in [-0.39, 0.29) is 10.6 Å². The van der Waals surface area contributed by atoms with E-state index < -0.39 is 22.6 Å². The summed E-state index contributed by atoms with van der Waals surface area (Å²) in [5.74, 6) is -1.11. The van der Waals surface area contributed by atoms with E-state index in [4.69, 9.17) is 4.74 Å². The lowest BCUT2D eigenvalue weighted by Crippen LogP contribution is -2.29. The van der Waals surface area contributed by atoms with Crippen LogP contribution in [0.3, 0.4) is 0 Å². The summed E-state index contributed by atoms with van der Waals surface area (Å²) in [6, 6.07) is 11.6. The van der Waals surface area contributed by atoms with Gasteiger partial charge in [0.05, 0.1) is 17.1 Å². The lowest BCUT2D eigenvalue weighted by atomic mass is 10.2. The number of aliphatic carboxylic acids is 1. The van der Waals surface area contributed by atoms with E-state index in [1.807, 2.05) is 6.07 Å². The van der Waals surface area contributed by atoms with E-state index in [0.717, 1.165) is 5.56 Å². The van der Waals surface area contributed by atoms with Gasteiger partial charge in [-0.1, -0.05) is 24.3 Å². The van der Waals surface area contributed by atoms with Gasteiger partial charge in [0.2, 0.25) is 0 Å². The molecule has 0 radical (unpaired) electrons. The fourth-order valence-electron chi connectivity index (χ4n) is 2.07. The van der Waals surface area contributed by atoms with Crippen LogP contribution in [0, 0.1) is 13.8 Å². The number of carboxylic acid groups (broad SMARTS) is 1. The number of nitrogens with zero attached hydrogens (tertiary/aromatic N) is 1. The van der Waals surface area contributed by atoms with Crippen molar-refractivity contribution in [2.75, 3.05) is 6.61 Å². The zero-order valence-corrected chi connectivity index (χ0v) is 14.5. The van der Waals surface area contributed by atoms with Crippen molar-refractivity contribution in [2.24, 2.45) is 5.10 Å². The summed E-state index contributed by atoms with van der Waals surface area (Å²) >= 11 is 0. The number of carboxylic acids is 1. The molecule has 0 aromatic heterocycles. The van der Waals surface area contributed by atoms with Crippen LogP contribution in [0.5, 0.6) is 5.75 Å². The fraction of sp³-hybridized carbons (Fsp3) is 0.176. The van der Waals surface area contributed by atoms with Gasteiger partial charge in [0.1, 0.15) is 12.4 Å². The molecular formula is C17H17N2O5S-. The Balaban J connectivity index is 2.18. The van der Waals surface area contributed by atoms with Crippen LogP contribution in [0.15, 0.2) is 52.5 Å². The molecule has 0 atom stereocenters.